The fourth-order valence-corrected chi connectivity index (χ4v) is 4.04. The highest BCUT2D eigenvalue weighted by Crippen LogP contribution is 2.29. The third kappa shape index (κ3) is 4.34. The summed E-state index contributed by atoms with van der Waals surface area (Å²) in [7, 11) is 0. The molecule has 0 atom stereocenters. The molecule has 0 saturated carbocycles. The summed E-state index contributed by atoms with van der Waals surface area (Å²) in [5.74, 6) is -0.233. The molecule has 3 nitrogen and oxygen atoms in total. The van der Waals surface area contributed by atoms with E-state index in [0.717, 1.165) is 23.4 Å². The first-order valence-electron chi connectivity index (χ1n) is 10.8. The number of anilines is 1. The number of aromatic nitrogens is 2. The molecule has 0 aliphatic heterocycles. The van der Waals surface area contributed by atoms with Crippen LogP contribution in [0, 0.1) is 19.7 Å². The van der Waals surface area contributed by atoms with Gasteiger partial charge >= 0.3 is 0 Å². The molecule has 0 fully saturated rings. The van der Waals surface area contributed by atoms with Gasteiger partial charge in [-0.2, -0.15) is 0 Å². The molecule has 2 aromatic heterocycles. The summed E-state index contributed by atoms with van der Waals surface area (Å²) in [6.07, 6.45) is 1.87. The van der Waals surface area contributed by atoms with E-state index in [1.807, 2.05) is 6.20 Å². The lowest BCUT2D eigenvalue weighted by Crippen LogP contribution is -2.11. The Hall–Kier alpha value is -3.14. The summed E-state index contributed by atoms with van der Waals surface area (Å²) in [5.41, 5.74) is 8.33. The lowest BCUT2D eigenvalue weighted by molar-refractivity contribution is 0.590. The first-order chi connectivity index (χ1) is 14.7. The zero-order valence-electron chi connectivity index (χ0n) is 19.0. The highest BCUT2D eigenvalue weighted by atomic mass is 19.1. The van der Waals surface area contributed by atoms with Crippen LogP contribution in [0.25, 0.3) is 10.9 Å². The van der Waals surface area contributed by atoms with E-state index in [2.05, 4.69) is 79.8 Å². The fourth-order valence-electron chi connectivity index (χ4n) is 4.04. The molecule has 0 amide bonds. The van der Waals surface area contributed by atoms with Crippen molar-refractivity contribution in [1.82, 2.24) is 9.55 Å². The van der Waals surface area contributed by atoms with Gasteiger partial charge < -0.3 is 9.88 Å². The van der Waals surface area contributed by atoms with E-state index in [4.69, 9.17) is 0 Å². The monoisotopic (exact) mass is 415 g/mol. The number of benzene rings is 2. The lowest BCUT2D eigenvalue weighted by Gasteiger charge is -2.19. The molecule has 0 saturated heterocycles. The molecule has 4 rings (SSSR count). The van der Waals surface area contributed by atoms with E-state index < -0.39 is 0 Å². The van der Waals surface area contributed by atoms with E-state index in [0.29, 0.717) is 6.54 Å². The Balaban J connectivity index is 1.68. The van der Waals surface area contributed by atoms with Gasteiger partial charge in [-0.05, 0) is 66.3 Å². The van der Waals surface area contributed by atoms with Crippen molar-refractivity contribution in [1.29, 1.82) is 0 Å². The van der Waals surface area contributed by atoms with Crippen LogP contribution in [-0.2, 0) is 18.5 Å². The van der Waals surface area contributed by atoms with Crippen LogP contribution >= 0.6 is 0 Å². The predicted molar refractivity (Wildman–Crippen MR) is 127 cm³/mol. The Morgan fingerprint density at radius 2 is 1.61 bits per heavy atom. The van der Waals surface area contributed by atoms with Crippen molar-refractivity contribution < 1.29 is 4.39 Å². The molecule has 2 aromatic carbocycles. The summed E-state index contributed by atoms with van der Waals surface area (Å²) in [4.78, 5) is 4.69. The van der Waals surface area contributed by atoms with Gasteiger partial charge in [-0.25, -0.2) is 4.39 Å². The smallest absolute Gasteiger partial charge is 0.123 e. The summed E-state index contributed by atoms with van der Waals surface area (Å²) >= 11 is 0. The van der Waals surface area contributed by atoms with Gasteiger partial charge in [0.05, 0.1) is 17.8 Å². The van der Waals surface area contributed by atoms with Gasteiger partial charge in [0.1, 0.15) is 5.82 Å². The van der Waals surface area contributed by atoms with Crippen molar-refractivity contribution in [2.45, 2.75) is 53.1 Å². The number of aryl methyl sites for hydroxylation is 1. The lowest BCUT2D eigenvalue weighted by atomic mass is 9.87. The van der Waals surface area contributed by atoms with Crippen LogP contribution in [0.1, 0.15) is 48.8 Å². The fraction of sp³-hybridized carbons (Fsp3) is 0.296. The molecular formula is C27H30FN3. The maximum absolute atomic E-state index is 13.2. The largest absolute Gasteiger partial charge is 0.379 e. The number of hydrogen-bond donors (Lipinski definition) is 1. The van der Waals surface area contributed by atoms with Crippen LogP contribution in [0.4, 0.5) is 10.1 Å². The zero-order chi connectivity index (χ0) is 22.2. The highest BCUT2D eigenvalue weighted by molar-refractivity contribution is 5.87. The Bertz CT molecular complexity index is 1200. The molecule has 0 radical (unpaired) electrons. The van der Waals surface area contributed by atoms with Crippen LogP contribution in [-0.4, -0.2) is 9.55 Å². The molecule has 0 spiro atoms. The van der Waals surface area contributed by atoms with Crippen LogP contribution in [0.3, 0.4) is 0 Å². The Morgan fingerprint density at radius 3 is 2.26 bits per heavy atom. The van der Waals surface area contributed by atoms with E-state index in [-0.39, 0.29) is 11.2 Å². The maximum Gasteiger partial charge on any atom is 0.123 e. The van der Waals surface area contributed by atoms with E-state index in [1.165, 1.54) is 39.9 Å². The number of nitrogens with zero attached hydrogens (tertiary/aromatic N) is 2. The van der Waals surface area contributed by atoms with Gasteiger partial charge in [0.25, 0.3) is 0 Å². The molecule has 4 aromatic rings. The Kier molecular flexibility index (Phi) is 5.57. The average Bonchev–Trinajstić information content (AvgIpc) is 2.98. The summed E-state index contributed by atoms with van der Waals surface area (Å²) in [5, 5.41) is 4.61. The zero-order valence-corrected chi connectivity index (χ0v) is 19.0. The van der Waals surface area contributed by atoms with Crippen molar-refractivity contribution in [3.63, 3.8) is 0 Å². The van der Waals surface area contributed by atoms with Gasteiger partial charge in [0.2, 0.25) is 0 Å². The number of halogens is 1. The molecular weight excluding hydrogens is 385 g/mol. The molecule has 160 valence electrons. The summed E-state index contributed by atoms with van der Waals surface area (Å²) < 4.78 is 15.6. The first-order valence-corrected chi connectivity index (χ1v) is 10.8. The number of rotatable bonds is 5. The topological polar surface area (TPSA) is 29.9 Å². The maximum atomic E-state index is 13.2. The van der Waals surface area contributed by atoms with Gasteiger partial charge in [-0.3, -0.25) is 4.98 Å². The second kappa shape index (κ2) is 8.18. The molecule has 31 heavy (non-hydrogen) atoms. The van der Waals surface area contributed by atoms with E-state index in [9.17, 15) is 4.39 Å². The van der Waals surface area contributed by atoms with E-state index in [1.54, 1.807) is 12.1 Å². The number of fused-ring (bicyclic) bond motifs is 1. The minimum atomic E-state index is -0.233. The molecule has 1 N–H and O–H groups in total. The summed E-state index contributed by atoms with van der Waals surface area (Å²) in [6.45, 7) is 12.4. The molecule has 4 heteroatoms. The van der Waals surface area contributed by atoms with Crippen LogP contribution < -0.4 is 5.32 Å². The van der Waals surface area contributed by atoms with Gasteiger partial charge in [-0.15, -0.1) is 0 Å². The summed E-state index contributed by atoms with van der Waals surface area (Å²) in [6, 6.07) is 17.5. The van der Waals surface area contributed by atoms with Crippen molar-refractivity contribution in [2.24, 2.45) is 0 Å². The molecule has 0 bridgehead atoms. The van der Waals surface area contributed by atoms with Crippen molar-refractivity contribution in [3.8, 4) is 0 Å². The van der Waals surface area contributed by atoms with Crippen LogP contribution in [0.5, 0.6) is 0 Å². The molecule has 0 aliphatic rings. The average molecular weight is 416 g/mol. The third-order valence-electron chi connectivity index (χ3n) is 6.09. The number of pyridine rings is 1. The van der Waals surface area contributed by atoms with Crippen molar-refractivity contribution >= 4 is 16.6 Å². The Morgan fingerprint density at radius 1 is 0.935 bits per heavy atom. The molecule has 0 aliphatic carbocycles. The normalized spacial score (nSPS) is 11.8. The number of hydrogen-bond acceptors (Lipinski definition) is 2. The van der Waals surface area contributed by atoms with Gasteiger partial charge in [0, 0.05) is 29.5 Å². The minimum absolute atomic E-state index is 0.147. The standard InChI is InChI=1S/C27H30FN3/c1-18-19(2)31(17-20-6-8-21(9-7-20)27(3,4)5)26-24(18)14-15-29-25(26)16-30-23-12-10-22(28)11-13-23/h6-15,30H,16-17H2,1-5H3. The second-order valence-electron chi connectivity index (χ2n) is 9.26. The SMILES string of the molecule is Cc1c(C)n(Cc2ccc(C(C)(C)C)cc2)c2c(CNc3ccc(F)cc3)nccc12. The number of nitrogens with one attached hydrogen (secondary N) is 1. The van der Waals surface area contributed by atoms with Crippen molar-refractivity contribution in [2.75, 3.05) is 5.32 Å². The van der Waals surface area contributed by atoms with Crippen LogP contribution in [0.2, 0.25) is 0 Å². The third-order valence-corrected chi connectivity index (χ3v) is 6.09. The molecule has 0 unspecified atom stereocenters. The first kappa shape index (κ1) is 21.1. The van der Waals surface area contributed by atoms with Gasteiger partial charge in [-0.1, -0.05) is 45.0 Å². The Labute approximate surface area is 184 Å². The quantitative estimate of drug-likeness (QED) is 0.391. The second-order valence-corrected chi connectivity index (χ2v) is 9.26. The van der Waals surface area contributed by atoms with Gasteiger partial charge in [0.15, 0.2) is 0 Å². The van der Waals surface area contributed by atoms with Crippen molar-refractivity contribution in [3.05, 3.63) is 94.7 Å². The molecule has 2 heterocycles. The van der Waals surface area contributed by atoms with E-state index >= 15 is 0 Å². The minimum Gasteiger partial charge on any atom is -0.379 e. The highest BCUT2D eigenvalue weighted by Gasteiger charge is 2.17. The van der Waals surface area contributed by atoms with Crippen LogP contribution in [0.15, 0.2) is 60.8 Å². The predicted octanol–water partition coefficient (Wildman–Crippen LogP) is 6.75.